The zero-order chi connectivity index (χ0) is 13.4. The van der Waals surface area contributed by atoms with Crippen LogP contribution in [0.3, 0.4) is 0 Å². The number of nitro groups is 1. The van der Waals surface area contributed by atoms with Gasteiger partial charge in [0.25, 0.3) is 0 Å². The fraction of sp³-hybridized carbons (Fsp3) is 0.615. The van der Waals surface area contributed by atoms with Gasteiger partial charge in [-0.05, 0) is 38.3 Å². The number of hydrogen-bond donors (Lipinski definition) is 1. The maximum atomic E-state index is 11.2. The van der Waals surface area contributed by atoms with Gasteiger partial charge in [0, 0.05) is 30.9 Å². The van der Waals surface area contributed by atoms with E-state index in [1.54, 1.807) is 19.2 Å². The summed E-state index contributed by atoms with van der Waals surface area (Å²) in [4.78, 5) is 17.3. The number of pyridine rings is 1. The maximum absolute atomic E-state index is 11.2. The molecule has 6 heteroatoms. The Bertz CT molecular complexity index is 505. The first kappa shape index (κ1) is 12.3. The summed E-state index contributed by atoms with van der Waals surface area (Å²) in [5.74, 6) is 1.13. The molecule has 2 atom stereocenters. The predicted octanol–water partition coefficient (Wildman–Crippen LogP) is 1.49. The van der Waals surface area contributed by atoms with Crippen LogP contribution in [0.1, 0.15) is 18.4 Å². The molecular formula is C13H18N4O2. The highest BCUT2D eigenvalue weighted by molar-refractivity contribution is 5.61. The summed E-state index contributed by atoms with van der Waals surface area (Å²) in [6, 6.07) is 2.28. The van der Waals surface area contributed by atoms with Crippen molar-refractivity contribution >= 4 is 11.5 Å². The number of fused-ring (bicyclic) bond motifs is 1. The first-order valence-electron chi connectivity index (χ1n) is 6.75. The topological polar surface area (TPSA) is 71.3 Å². The van der Waals surface area contributed by atoms with Crippen LogP contribution in [-0.2, 0) is 0 Å². The molecule has 2 aliphatic rings. The lowest BCUT2D eigenvalue weighted by Crippen LogP contribution is -2.45. The highest BCUT2D eigenvalue weighted by Gasteiger charge is 2.35. The largest absolute Gasteiger partial charge is 0.350 e. The summed E-state index contributed by atoms with van der Waals surface area (Å²) in [5.41, 5.74) is 0.841. The van der Waals surface area contributed by atoms with E-state index in [1.807, 2.05) is 0 Å². The van der Waals surface area contributed by atoms with E-state index < -0.39 is 0 Å². The Hall–Kier alpha value is -1.69. The van der Waals surface area contributed by atoms with Crippen molar-refractivity contribution in [2.45, 2.75) is 25.8 Å². The molecule has 0 bridgehead atoms. The molecule has 0 radical (unpaired) electrons. The van der Waals surface area contributed by atoms with Gasteiger partial charge in [-0.1, -0.05) is 0 Å². The summed E-state index contributed by atoms with van der Waals surface area (Å²) in [6.07, 6.45) is 3.86. The number of nitrogens with zero attached hydrogens (tertiary/aromatic N) is 3. The average Bonchev–Trinajstić information content (AvgIpc) is 2.85. The molecule has 1 N–H and O–H groups in total. The predicted molar refractivity (Wildman–Crippen MR) is 72.4 cm³/mol. The van der Waals surface area contributed by atoms with Crippen LogP contribution in [0.25, 0.3) is 0 Å². The van der Waals surface area contributed by atoms with Crippen molar-refractivity contribution in [1.82, 2.24) is 10.3 Å². The molecule has 0 amide bonds. The molecule has 1 aromatic rings. The minimum absolute atomic E-state index is 0.159. The fourth-order valence-corrected chi connectivity index (χ4v) is 3.23. The summed E-state index contributed by atoms with van der Waals surface area (Å²) in [6.45, 7) is 4.54. The van der Waals surface area contributed by atoms with E-state index in [4.69, 9.17) is 0 Å². The zero-order valence-electron chi connectivity index (χ0n) is 11.0. The highest BCUT2D eigenvalue weighted by Crippen LogP contribution is 2.33. The van der Waals surface area contributed by atoms with Gasteiger partial charge in [-0.15, -0.1) is 0 Å². The van der Waals surface area contributed by atoms with Gasteiger partial charge >= 0.3 is 5.69 Å². The first-order valence-corrected chi connectivity index (χ1v) is 6.75. The number of anilines is 1. The van der Waals surface area contributed by atoms with Crippen LogP contribution in [0.15, 0.2) is 12.3 Å². The molecule has 0 aliphatic carbocycles. The number of nitrogens with one attached hydrogen (secondary N) is 1. The van der Waals surface area contributed by atoms with Crippen LogP contribution >= 0.6 is 0 Å². The van der Waals surface area contributed by atoms with Crippen LogP contribution < -0.4 is 10.2 Å². The third-order valence-corrected chi connectivity index (χ3v) is 4.24. The Morgan fingerprint density at radius 1 is 1.53 bits per heavy atom. The molecule has 0 spiro atoms. The van der Waals surface area contributed by atoms with Crippen molar-refractivity contribution in [2.24, 2.45) is 5.92 Å². The van der Waals surface area contributed by atoms with Crippen LogP contribution in [0.2, 0.25) is 0 Å². The first-order chi connectivity index (χ1) is 9.16. The second-order valence-corrected chi connectivity index (χ2v) is 5.40. The standard InChI is InChI=1S/C13H18N4O2/c1-9-2-5-15-13(12(9)17(18)19)16-7-4-11-10(8-16)3-6-14-11/h2,5,10-11,14H,3-4,6-8H2,1H3. The molecule has 0 saturated carbocycles. The molecule has 2 aliphatic heterocycles. The smallest absolute Gasteiger partial charge is 0.314 e. The Balaban J connectivity index is 1.90. The third kappa shape index (κ3) is 2.16. The van der Waals surface area contributed by atoms with Crippen LogP contribution in [0.5, 0.6) is 0 Å². The van der Waals surface area contributed by atoms with E-state index in [1.165, 1.54) is 0 Å². The van der Waals surface area contributed by atoms with Gasteiger partial charge in [0.1, 0.15) is 0 Å². The minimum Gasteiger partial charge on any atom is -0.350 e. The highest BCUT2D eigenvalue weighted by atomic mass is 16.6. The number of hydrogen-bond acceptors (Lipinski definition) is 5. The molecule has 19 heavy (non-hydrogen) atoms. The number of piperidine rings is 1. The summed E-state index contributed by atoms with van der Waals surface area (Å²) < 4.78 is 0. The summed E-state index contributed by atoms with van der Waals surface area (Å²) >= 11 is 0. The lowest BCUT2D eigenvalue weighted by Gasteiger charge is -2.35. The van der Waals surface area contributed by atoms with Crippen LogP contribution in [0.4, 0.5) is 11.5 Å². The Morgan fingerprint density at radius 3 is 3.16 bits per heavy atom. The van der Waals surface area contributed by atoms with Crippen molar-refractivity contribution in [1.29, 1.82) is 0 Å². The molecule has 0 aromatic carbocycles. The van der Waals surface area contributed by atoms with Crippen LogP contribution in [-0.4, -0.2) is 35.6 Å². The van der Waals surface area contributed by atoms with E-state index in [9.17, 15) is 10.1 Å². The number of aromatic nitrogens is 1. The van der Waals surface area contributed by atoms with Gasteiger partial charge in [0.15, 0.2) is 0 Å². The number of rotatable bonds is 2. The molecule has 2 saturated heterocycles. The fourth-order valence-electron chi connectivity index (χ4n) is 3.23. The van der Waals surface area contributed by atoms with Gasteiger partial charge in [-0.2, -0.15) is 0 Å². The third-order valence-electron chi connectivity index (χ3n) is 4.24. The van der Waals surface area contributed by atoms with Gasteiger partial charge < -0.3 is 10.2 Å². The SMILES string of the molecule is Cc1ccnc(N2CCC3NCCC3C2)c1[N+](=O)[O-]. The molecule has 3 heterocycles. The molecular weight excluding hydrogens is 244 g/mol. The monoisotopic (exact) mass is 262 g/mol. The minimum atomic E-state index is -0.309. The maximum Gasteiger partial charge on any atom is 0.314 e. The van der Waals surface area contributed by atoms with Crippen molar-refractivity contribution < 1.29 is 4.92 Å². The van der Waals surface area contributed by atoms with Crippen molar-refractivity contribution in [3.63, 3.8) is 0 Å². The second-order valence-electron chi connectivity index (χ2n) is 5.40. The van der Waals surface area contributed by atoms with Gasteiger partial charge in [0.05, 0.1) is 4.92 Å². The summed E-state index contributed by atoms with van der Waals surface area (Å²) in [7, 11) is 0. The summed E-state index contributed by atoms with van der Waals surface area (Å²) in [5, 5.41) is 14.7. The molecule has 6 nitrogen and oxygen atoms in total. The van der Waals surface area contributed by atoms with Crippen molar-refractivity contribution in [2.75, 3.05) is 24.5 Å². The molecule has 2 fully saturated rings. The van der Waals surface area contributed by atoms with E-state index in [0.29, 0.717) is 23.3 Å². The normalized spacial score (nSPS) is 26.3. The average molecular weight is 262 g/mol. The lowest BCUT2D eigenvalue weighted by molar-refractivity contribution is -0.384. The Kier molecular flexibility index (Phi) is 3.10. The Labute approximate surface area is 112 Å². The van der Waals surface area contributed by atoms with E-state index in [2.05, 4.69) is 15.2 Å². The molecule has 3 rings (SSSR count). The van der Waals surface area contributed by atoms with Gasteiger partial charge in [0.2, 0.25) is 5.82 Å². The second kappa shape index (κ2) is 4.77. The van der Waals surface area contributed by atoms with Crippen molar-refractivity contribution in [3.8, 4) is 0 Å². The number of aryl methyl sites for hydroxylation is 1. The quantitative estimate of drug-likeness (QED) is 0.645. The molecule has 2 unspecified atom stereocenters. The Morgan fingerprint density at radius 2 is 2.37 bits per heavy atom. The lowest BCUT2D eigenvalue weighted by atomic mass is 9.93. The molecule has 1 aromatic heterocycles. The van der Waals surface area contributed by atoms with E-state index in [-0.39, 0.29) is 10.6 Å². The van der Waals surface area contributed by atoms with Gasteiger partial charge in [-0.3, -0.25) is 10.1 Å². The van der Waals surface area contributed by atoms with E-state index >= 15 is 0 Å². The molecule has 102 valence electrons. The zero-order valence-corrected chi connectivity index (χ0v) is 11.0. The van der Waals surface area contributed by atoms with Crippen molar-refractivity contribution in [3.05, 3.63) is 27.9 Å². The van der Waals surface area contributed by atoms with Gasteiger partial charge in [-0.25, -0.2) is 4.98 Å². The van der Waals surface area contributed by atoms with E-state index in [0.717, 1.165) is 32.5 Å². The van der Waals surface area contributed by atoms with Crippen LogP contribution in [0, 0.1) is 23.0 Å².